The van der Waals surface area contributed by atoms with Gasteiger partial charge in [-0.3, -0.25) is 20.4 Å². The summed E-state index contributed by atoms with van der Waals surface area (Å²) in [7, 11) is 0. The van der Waals surface area contributed by atoms with E-state index in [4.69, 9.17) is 27.9 Å². The van der Waals surface area contributed by atoms with Crippen LogP contribution in [0.4, 0.5) is 0 Å². The van der Waals surface area contributed by atoms with E-state index < -0.39 is 5.91 Å². The average Bonchev–Trinajstić information content (AvgIpc) is 3.05. The number of ether oxygens (including phenoxy) is 1. The van der Waals surface area contributed by atoms with Crippen molar-refractivity contribution < 1.29 is 14.3 Å². The van der Waals surface area contributed by atoms with Gasteiger partial charge in [0.2, 0.25) is 5.91 Å². The number of rotatable bonds is 8. The second-order valence-electron chi connectivity index (χ2n) is 7.76. The molecule has 2 N–H and O–H groups in total. The maximum Gasteiger partial charge on any atom is 0.274 e. The van der Waals surface area contributed by atoms with Crippen LogP contribution in [-0.2, 0) is 11.3 Å². The molecule has 0 aliphatic heterocycles. The smallest absolute Gasteiger partial charge is 0.274 e. The molecule has 0 atom stereocenters. The number of hydrazine groups is 1. The summed E-state index contributed by atoms with van der Waals surface area (Å²) in [5, 5.41) is 5.22. The molecular weight excluding hydrogens is 463 g/mol. The molecular formula is C24H26Cl2N4O3. The van der Waals surface area contributed by atoms with E-state index in [-0.39, 0.29) is 23.0 Å². The lowest BCUT2D eigenvalue weighted by Gasteiger charge is -2.10. The number of hydrogen-bond acceptors (Lipinski definition) is 4. The van der Waals surface area contributed by atoms with Crippen LogP contribution in [0.15, 0.2) is 42.5 Å². The van der Waals surface area contributed by atoms with E-state index in [1.54, 1.807) is 23.7 Å². The molecule has 7 nitrogen and oxygen atoms in total. The topological polar surface area (TPSA) is 85.3 Å². The Hall–Kier alpha value is -3.03. The van der Waals surface area contributed by atoms with Gasteiger partial charge in [0.05, 0.1) is 18.8 Å². The highest BCUT2D eigenvalue weighted by Gasteiger charge is 2.21. The third-order valence-electron chi connectivity index (χ3n) is 5.00. The summed E-state index contributed by atoms with van der Waals surface area (Å²) in [5.74, 6) is -0.129. The summed E-state index contributed by atoms with van der Waals surface area (Å²) >= 11 is 12.3. The van der Waals surface area contributed by atoms with Gasteiger partial charge >= 0.3 is 0 Å². The number of halogens is 2. The molecule has 33 heavy (non-hydrogen) atoms. The summed E-state index contributed by atoms with van der Waals surface area (Å²) in [5.41, 5.74) is 8.62. The first-order valence-electron chi connectivity index (χ1n) is 10.5. The molecule has 0 saturated carbocycles. The second-order valence-corrected chi connectivity index (χ2v) is 8.55. The Bertz CT molecular complexity index is 1140. The van der Waals surface area contributed by atoms with Crippen LogP contribution in [0.25, 0.3) is 0 Å². The maximum absolute atomic E-state index is 12.6. The lowest BCUT2D eigenvalue weighted by Crippen LogP contribution is -2.41. The van der Waals surface area contributed by atoms with Crippen LogP contribution in [0.3, 0.4) is 0 Å². The molecule has 2 amide bonds. The number of nitrogens with zero attached hydrogens (tertiary/aromatic N) is 2. The van der Waals surface area contributed by atoms with Crippen LogP contribution in [0, 0.1) is 20.8 Å². The van der Waals surface area contributed by atoms with Crippen molar-refractivity contribution in [3.8, 4) is 5.75 Å². The monoisotopic (exact) mass is 488 g/mol. The van der Waals surface area contributed by atoms with Crippen LogP contribution in [0.2, 0.25) is 10.2 Å². The van der Waals surface area contributed by atoms with Crippen molar-refractivity contribution in [3.05, 3.63) is 80.6 Å². The molecule has 0 spiro atoms. The van der Waals surface area contributed by atoms with Crippen molar-refractivity contribution in [1.82, 2.24) is 20.6 Å². The summed E-state index contributed by atoms with van der Waals surface area (Å²) < 4.78 is 7.24. The molecule has 3 aromatic rings. The predicted molar refractivity (Wildman–Crippen MR) is 129 cm³/mol. The number of nitrogens with one attached hydrogen (secondary N) is 2. The molecule has 9 heteroatoms. The molecule has 0 fully saturated rings. The van der Waals surface area contributed by atoms with Gasteiger partial charge in [-0.15, -0.1) is 0 Å². The first kappa shape index (κ1) is 24.6. The summed E-state index contributed by atoms with van der Waals surface area (Å²) in [6.45, 7) is 6.41. The largest absolute Gasteiger partial charge is 0.493 e. The molecule has 0 bridgehead atoms. The van der Waals surface area contributed by atoms with Gasteiger partial charge < -0.3 is 4.74 Å². The van der Waals surface area contributed by atoms with E-state index in [0.717, 1.165) is 22.4 Å². The summed E-state index contributed by atoms with van der Waals surface area (Å²) in [4.78, 5) is 24.7. The molecule has 174 valence electrons. The van der Waals surface area contributed by atoms with Gasteiger partial charge in [0.15, 0.2) is 0 Å². The number of hydrogen-bond donors (Lipinski definition) is 2. The van der Waals surface area contributed by atoms with Crippen LogP contribution in [0.1, 0.15) is 45.6 Å². The third-order valence-corrected chi connectivity index (χ3v) is 5.62. The Morgan fingerprint density at radius 2 is 1.76 bits per heavy atom. The number of aromatic nitrogens is 2. The second kappa shape index (κ2) is 11.2. The fourth-order valence-electron chi connectivity index (χ4n) is 3.22. The summed E-state index contributed by atoms with van der Waals surface area (Å²) in [6, 6.07) is 13.3. The lowest BCUT2D eigenvalue weighted by atomic mass is 10.1. The third kappa shape index (κ3) is 6.73. The Labute approximate surface area is 203 Å². The fraction of sp³-hybridized carbons (Fsp3) is 0.292. The summed E-state index contributed by atoms with van der Waals surface area (Å²) in [6.07, 6.45) is 0.671. The van der Waals surface area contributed by atoms with Crippen molar-refractivity contribution >= 4 is 35.0 Å². The van der Waals surface area contributed by atoms with Crippen LogP contribution < -0.4 is 15.6 Å². The van der Waals surface area contributed by atoms with Crippen molar-refractivity contribution in [1.29, 1.82) is 0 Å². The highest BCUT2D eigenvalue weighted by atomic mass is 35.5. The molecule has 1 aromatic heterocycles. The van der Waals surface area contributed by atoms with E-state index >= 15 is 0 Å². The Balaban J connectivity index is 1.47. The number of aryl methyl sites for hydroxylation is 3. The van der Waals surface area contributed by atoms with E-state index in [1.165, 1.54) is 0 Å². The van der Waals surface area contributed by atoms with E-state index in [9.17, 15) is 9.59 Å². The zero-order valence-corrected chi connectivity index (χ0v) is 20.3. The molecule has 0 saturated heterocycles. The quantitative estimate of drug-likeness (QED) is 0.352. The molecule has 0 aliphatic rings. The minimum Gasteiger partial charge on any atom is -0.493 e. The number of carbonyl (C=O) groups excluding carboxylic acids is 2. The standard InChI is InChI=1S/C24H26Cl2N4O3/c1-15-6-8-18(9-7-15)14-30-23(26)22(17(3)29-30)24(32)28-27-21(31)5-4-12-33-20-11-10-19(25)13-16(20)2/h6-11,13H,4-5,12,14H2,1-3H3,(H,27,31)(H,28,32). The van der Waals surface area contributed by atoms with Gasteiger partial charge in [0.1, 0.15) is 16.5 Å². The van der Waals surface area contributed by atoms with E-state index in [0.29, 0.717) is 30.3 Å². The predicted octanol–water partition coefficient (Wildman–Crippen LogP) is 4.78. The van der Waals surface area contributed by atoms with Gasteiger partial charge in [-0.2, -0.15) is 5.10 Å². The highest BCUT2D eigenvalue weighted by molar-refractivity contribution is 6.33. The minimum atomic E-state index is -0.519. The molecule has 1 heterocycles. The van der Waals surface area contributed by atoms with Gasteiger partial charge in [-0.1, -0.05) is 53.0 Å². The van der Waals surface area contributed by atoms with Crippen molar-refractivity contribution in [2.45, 2.75) is 40.2 Å². The fourth-order valence-corrected chi connectivity index (χ4v) is 3.77. The zero-order chi connectivity index (χ0) is 24.0. The Morgan fingerprint density at radius 3 is 2.45 bits per heavy atom. The molecule has 3 rings (SSSR count). The minimum absolute atomic E-state index is 0.187. The molecule has 0 aliphatic carbocycles. The van der Waals surface area contributed by atoms with Gasteiger partial charge in [0, 0.05) is 11.4 Å². The van der Waals surface area contributed by atoms with Crippen molar-refractivity contribution in [3.63, 3.8) is 0 Å². The van der Waals surface area contributed by atoms with Crippen LogP contribution in [-0.4, -0.2) is 28.2 Å². The van der Waals surface area contributed by atoms with E-state index in [2.05, 4.69) is 16.0 Å². The van der Waals surface area contributed by atoms with Crippen molar-refractivity contribution in [2.24, 2.45) is 0 Å². The molecule has 2 aromatic carbocycles. The van der Waals surface area contributed by atoms with Crippen LogP contribution >= 0.6 is 23.2 Å². The lowest BCUT2D eigenvalue weighted by molar-refractivity contribution is -0.122. The number of amides is 2. The number of benzene rings is 2. The van der Waals surface area contributed by atoms with Gasteiger partial charge in [-0.25, -0.2) is 4.68 Å². The van der Waals surface area contributed by atoms with Gasteiger partial charge in [0.25, 0.3) is 5.91 Å². The van der Waals surface area contributed by atoms with E-state index in [1.807, 2.05) is 44.2 Å². The molecule has 0 unspecified atom stereocenters. The molecule has 0 radical (unpaired) electrons. The normalized spacial score (nSPS) is 10.7. The Morgan fingerprint density at radius 1 is 1.03 bits per heavy atom. The first-order valence-corrected chi connectivity index (χ1v) is 11.3. The average molecular weight is 489 g/mol. The number of carbonyl (C=O) groups is 2. The van der Waals surface area contributed by atoms with Gasteiger partial charge in [-0.05, 0) is 56.5 Å². The highest BCUT2D eigenvalue weighted by Crippen LogP contribution is 2.22. The zero-order valence-electron chi connectivity index (χ0n) is 18.7. The first-order chi connectivity index (χ1) is 15.7. The Kier molecular flexibility index (Phi) is 8.36. The van der Waals surface area contributed by atoms with Crippen LogP contribution in [0.5, 0.6) is 5.75 Å². The SMILES string of the molecule is Cc1ccc(Cn2nc(C)c(C(=O)NNC(=O)CCCOc3ccc(Cl)cc3C)c2Cl)cc1. The maximum atomic E-state index is 12.6. The van der Waals surface area contributed by atoms with Crippen molar-refractivity contribution in [2.75, 3.05) is 6.61 Å².